The molecule has 5 nitrogen and oxygen atoms in total. The van der Waals surface area contributed by atoms with Crippen LogP contribution in [0.3, 0.4) is 0 Å². The van der Waals surface area contributed by atoms with Crippen LogP contribution in [-0.4, -0.2) is 40.4 Å². The van der Waals surface area contributed by atoms with Crippen molar-refractivity contribution in [3.63, 3.8) is 0 Å². The molecular weight excluding hydrogens is 430 g/mol. The number of thiophene rings is 1. The van der Waals surface area contributed by atoms with Gasteiger partial charge >= 0.3 is 6.03 Å². The van der Waals surface area contributed by atoms with E-state index in [9.17, 15) is 9.59 Å². The van der Waals surface area contributed by atoms with E-state index in [1.54, 1.807) is 11.3 Å². The number of carbonyl (C=O) groups excluding carboxylic acids is 2. The van der Waals surface area contributed by atoms with Crippen molar-refractivity contribution in [2.45, 2.75) is 89.4 Å². The molecule has 2 saturated carbocycles. The number of hydrogen-bond donors (Lipinski definition) is 1. The molecule has 1 aromatic heterocycles. The number of nitrogens with zero attached hydrogens (tertiary/aromatic N) is 2. The van der Waals surface area contributed by atoms with Gasteiger partial charge in [-0.2, -0.15) is 0 Å². The molecular formula is C27H37N3O2S. The minimum absolute atomic E-state index is 0.0246. The van der Waals surface area contributed by atoms with Crippen LogP contribution in [0, 0.1) is 0 Å². The average molecular weight is 468 g/mol. The molecule has 0 aliphatic heterocycles. The van der Waals surface area contributed by atoms with Gasteiger partial charge < -0.3 is 15.1 Å². The molecule has 178 valence electrons. The lowest BCUT2D eigenvalue weighted by Crippen LogP contribution is -2.53. The van der Waals surface area contributed by atoms with Crippen molar-refractivity contribution in [1.82, 2.24) is 15.1 Å². The van der Waals surface area contributed by atoms with Crippen molar-refractivity contribution in [3.8, 4) is 0 Å². The van der Waals surface area contributed by atoms with E-state index < -0.39 is 0 Å². The first-order chi connectivity index (χ1) is 16.2. The van der Waals surface area contributed by atoms with Gasteiger partial charge in [-0.25, -0.2) is 4.79 Å². The molecule has 0 bridgehead atoms. The van der Waals surface area contributed by atoms with Crippen molar-refractivity contribution in [2.75, 3.05) is 6.54 Å². The summed E-state index contributed by atoms with van der Waals surface area (Å²) in [5.74, 6) is 0.0246. The number of amides is 3. The summed E-state index contributed by atoms with van der Waals surface area (Å²) < 4.78 is 0. The lowest BCUT2D eigenvalue weighted by Gasteiger charge is -2.37. The van der Waals surface area contributed by atoms with Crippen molar-refractivity contribution in [3.05, 3.63) is 58.3 Å². The zero-order valence-electron chi connectivity index (χ0n) is 19.6. The second-order valence-electron chi connectivity index (χ2n) is 9.52. The van der Waals surface area contributed by atoms with Crippen molar-refractivity contribution >= 4 is 23.3 Å². The van der Waals surface area contributed by atoms with Gasteiger partial charge in [0.2, 0.25) is 5.91 Å². The fraction of sp³-hybridized carbons (Fsp3) is 0.556. The summed E-state index contributed by atoms with van der Waals surface area (Å²) in [4.78, 5) is 32.0. The predicted molar refractivity (Wildman–Crippen MR) is 134 cm³/mol. The lowest BCUT2D eigenvalue weighted by atomic mass is 9.94. The van der Waals surface area contributed by atoms with E-state index in [2.05, 4.69) is 23.5 Å². The van der Waals surface area contributed by atoms with E-state index in [4.69, 9.17) is 0 Å². The third-order valence-corrected chi connectivity index (χ3v) is 7.87. The smallest absolute Gasteiger partial charge is 0.318 e. The summed E-state index contributed by atoms with van der Waals surface area (Å²) >= 11 is 1.67. The summed E-state index contributed by atoms with van der Waals surface area (Å²) in [6.45, 7) is 1.29. The topological polar surface area (TPSA) is 52.7 Å². The molecule has 0 unspecified atom stereocenters. The average Bonchev–Trinajstić information content (AvgIpc) is 3.37. The van der Waals surface area contributed by atoms with Crippen LogP contribution in [0.2, 0.25) is 0 Å². The highest BCUT2D eigenvalue weighted by molar-refractivity contribution is 7.09. The highest BCUT2D eigenvalue weighted by Crippen LogP contribution is 2.24. The van der Waals surface area contributed by atoms with Crippen LogP contribution in [0.25, 0.3) is 0 Å². The summed E-state index contributed by atoms with van der Waals surface area (Å²) in [5, 5.41) is 5.32. The highest BCUT2D eigenvalue weighted by Gasteiger charge is 2.30. The van der Waals surface area contributed by atoms with Crippen LogP contribution in [0.4, 0.5) is 4.79 Å². The zero-order valence-corrected chi connectivity index (χ0v) is 20.4. The van der Waals surface area contributed by atoms with E-state index in [0.29, 0.717) is 13.1 Å². The Labute approximate surface area is 202 Å². The van der Waals surface area contributed by atoms with E-state index in [1.165, 1.54) is 25.7 Å². The Morgan fingerprint density at radius 1 is 0.848 bits per heavy atom. The molecule has 0 saturated heterocycles. The molecule has 6 heteroatoms. The molecule has 3 amide bonds. The third-order valence-electron chi connectivity index (χ3n) is 7.01. The van der Waals surface area contributed by atoms with Crippen molar-refractivity contribution < 1.29 is 9.59 Å². The van der Waals surface area contributed by atoms with Crippen molar-refractivity contribution in [1.29, 1.82) is 0 Å². The zero-order chi connectivity index (χ0) is 22.9. The molecule has 2 aliphatic carbocycles. The van der Waals surface area contributed by atoms with Gasteiger partial charge in [0.1, 0.15) is 6.54 Å². The number of rotatable bonds is 8. The highest BCUT2D eigenvalue weighted by atomic mass is 32.1. The quantitative estimate of drug-likeness (QED) is 0.521. The van der Waals surface area contributed by atoms with Gasteiger partial charge in [-0.3, -0.25) is 4.79 Å². The molecule has 2 aliphatic rings. The normalized spacial score (nSPS) is 17.5. The first kappa shape index (κ1) is 23.8. The second-order valence-corrected chi connectivity index (χ2v) is 10.6. The third kappa shape index (κ3) is 7.07. The Balaban J connectivity index is 1.48. The molecule has 1 aromatic carbocycles. The van der Waals surface area contributed by atoms with Gasteiger partial charge in [0.25, 0.3) is 0 Å². The molecule has 0 radical (unpaired) electrons. The Bertz CT molecular complexity index is 859. The lowest BCUT2D eigenvalue weighted by molar-refractivity contribution is -0.133. The van der Waals surface area contributed by atoms with Crippen LogP contribution < -0.4 is 5.32 Å². The Morgan fingerprint density at radius 3 is 2.21 bits per heavy atom. The maximum atomic E-state index is 13.6. The van der Waals surface area contributed by atoms with E-state index in [1.807, 2.05) is 39.4 Å². The molecule has 1 N–H and O–H groups in total. The summed E-state index contributed by atoms with van der Waals surface area (Å²) in [6.07, 6.45) is 11.2. The fourth-order valence-corrected chi connectivity index (χ4v) is 5.86. The van der Waals surface area contributed by atoms with Gasteiger partial charge in [-0.05, 0) is 42.7 Å². The molecule has 33 heavy (non-hydrogen) atoms. The van der Waals surface area contributed by atoms with Crippen LogP contribution in [-0.2, 0) is 17.9 Å². The largest absolute Gasteiger partial charge is 0.335 e. The van der Waals surface area contributed by atoms with Crippen LogP contribution >= 0.6 is 11.3 Å². The van der Waals surface area contributed by atoms with Gasteiger partial charge in [-0.15, -0.1) is 11.3 Å². The van der Waals surface area contributed by atoms with E-state index >= 15 is 0 Å². The van der Waals surface area contributed by atoms with Gasteiger partial charge in [0.15, 0.2) is 0 Å². The number of nitrogens with one attached hydrogen (secondary N) is 1. The fourth-order valence-electron chi connectivity index (χ4n) is 5.14. The van der Waals surface area contributed by atoms with Crippen molar-refractivity contribution in [2.24, 2.45) is 0 Å². The summed E-state index contributed by atoms with van der Waals surface area (Å²) in [6, 6.07) is 14.6. The predicted octanol–water partition coefficient (Wildman–Crippen LogP) is 5.95. The SMILES string of the molecule is O=C(CN(C(=O)NC1CCCCC1)C1CCCCC1)N(Cc1ccccc1)Cc1cccs1. The second kappa shape index (κ2) is 12.2. The molecule has 1 heterocycles. The van der Waals surface area contributed by atoms with Gasteiger partial charge in [0, 0.05) is 23.5 Å². The summed E-state index contributed by atoms with van der Waals surface area (Å²) in [5.41, 5.74) is 1.11. The van der Waals surface area contributed by atoms with Crippen LogP contribution in [0.5, 0.6) is 0 Å². The maximum Gasteiger partial charge on any atom is 0.318 e. The van der Waals surface area contributed by atoms with Gasteiger partial charge in [0.05, 0.1) is 6.54 Å². The van der Waals surface area contributed by atoms with E-state index in [0.717, 1.165) is 49.0 Å². The Hall–Kier alpha value is -2.34. The summed E-state index contributed by atoms with van der Waals surface area (Å²) in [7, 11) is 0. The molecule has 2 fully saturated rings. The number of carbonyl (C=O) groups is 2. The Morgan fingerprint density at radius 2 is 1.55 bits per heavy atom. The number of urea groups is 1. The minimum atomic E-state index is -0.0436. The molecule has 2 aromatic rings. The van der Waals surface area contributed by atoms with E-state index in [-0.39, 0.29) is 30.6 Å². The number of benzene rings is 1. The van der Waals surface area contributed by atoms with Gasteiger partial charge in [-0.1, -0.05) is 74.9 Å². The number of hydrogen-bond acceptors (Lipinski definition) is 3. The Kier molecular flexibility index (Phi) is 8.81. The standard InChI is InChI=1S/C27H37N3O2S/c31-26(29(20-25-17-10-18-33-25)19-22-11-4-1-5-12-22)21-30(24-15-8-3-9-16-24)27(32)28-23-13-6-2-7-14-23/h1,4-5,10-12,17-18,23-24H,2-3,6-9,13-16,19-21H2,(H,28,32). The molecule has 4 rings (SSSR count). The first-order valence-corrected chi connectivity index (χ1v) is 13.5. The first-order valence-electron chi connectivity index (χ1n) is 12.6. The minimum Gasteiger partial charge on any atom is -0.335 e. The monoisotopic (exact) mass is 467 g/mol. The molecule has 0 spiro atoms. The van der Waals surface area contributed by atoms with Crippen LogP contribution in [0.15, 0.2) is 47.8 Å². The maximum absolute atomic E-state index is 13.6. The van der Waals surface area contributed by atoms with Crippen LogP contribution in [0.1, 0.15) is 74.6 Å². The molecule has 0 atom stereocenters.